The predicted molar refractivity (Wildman–Crippen MR) is 67.3 cm³/mol. The van der Waals surface area contributed by atoms with Crippen molar-refractivity contribution in [1.82, 2.24) is 9.78 Å². The largest absolute Gasteiger partial charge is 0.458 e. The van der Waals surface area contributed by atoms with E-state index < -0.39 is 11.6 Å². The van der Waals surface area contributed by atoms with Gasteiger partial charge in [0.15, 0.2) is 0 Å². The molecule has 5 heteroatoms. The molecule has 1 atom stereocenters. The van der Waals surface area contributed by atoms with Crippen LogP contribution in [0.5, 0.6) is 0 Å². The lowest BCUT2D eigenvalue weighted by molar-refractivity contribution is -0.158. The average molecular weight is 259 g/mol. The van der Waals surface area contributed by atoms with Crippen LogP contribution in [0.1, 0.15) is 45.1 Å². The third kappa shape index (κ3) is 3.22. The summed E-state index contributed by atoms with van der Waals surface area (Å²) in [6.07, 6.45) is 0. The number of carbonyl (C=O) groups is 1. The van der Waals surface area contributed by atoms with Crippen LogP contribution in [-0.2, 0) is 9.53 Å². The van der Waals surface area contributed by atoms with Crippen LogP contribution in [0.3, 0.4) is 0 Å². The van der Waals surface area contributed by atoms with E-state index in [-0.39, 0.29) is 5.97 Å². The number of esters is 1. The number of halogens is 1. The minimum absolute atomic E-state index is 0.306. The molecule has 0 aliphatic heterocycles. The number of rotatable bonds is 2. The van der Waals surface area contributed by atoms with E-state index in [2.05, 4.69) is 5.10 Å². The third-order valence-electron chi connectivity index (χ3n) is 2.35. The van der Waals surface area contributed by atoms with Gasteiger partial charge in [-0.2, -0.15) is 5.10 Å². The van der Waals surface area contributed by atoms with Gasteiger partial charge >= 0.3 is 5.97 Å². The molecule has 96 valence electrons. The number of ether oxygens (including phenoxy) is 1. The van der Waals surface area contributed by atoms with Gasteiger partial charge in [0, 0.05) is 0 Å². The van der Waals surface area contributed by atoms with Crippen LogP contribution in [0, 0.1) is 13.8 Å². The van der Waals surface area contributed by atoms with Gasteiger partial charge in [-0.05, 0) is 41.5 Å². The molecule has 0 saturated carbocycles. The average Bonchev–Trinajstić information content (AvgIpc) is 2.42. The molecule has 0 spiro atoms. The van der Waals surface area contributed by atoms with Crippen molar-refractivity contribution in [2.45, 2.75) is 53.2 Å². The van der Waals surface area contributed by atoms with Crippen molar-refractivity contribution in [1.29, 1.82) is 0 Å². The number of hydrogen-bond donors (Lipinski definition) is 0. The SMILES string of the molecule is Cc1nn(C(C)C(=O)OC(C)(C)C)c(C)c1Cl. The van der Waals surface area contributed by atoms with Crippen LogP contribution < -0.4 is 0 Å². The Kier molecular flexibility index (Phi) is 3.87. The van der Waals surface area contributed by atoms with E-state index in [4.69, 9.17) is 16.3 Å². The highest BCUT2D eigenvalue weighted by Crippen LogP contribution is 2.23. The second-order valence-electron chi connectivity index (χ2n) is 5.14. The molecule has 0 aromatic carbocycles. The summed E-state index contributed by atoms with van der Waals surface area (Å²) in [4.78, 5) is 11.9. The Balaban J connectivity index is 2.93. The molecule has 4 nitrogen and oxygen atoms in total. The predicted octanol–water partition coefficient (Wildman–Crippen LogP) is 3.06. The van der Waals surface area contributed by atoms with Crippen LogP contribution in [0.15, 0.2) is 0 Å². The Morgan fingerprint density at radius 2 is 1.94 bits per heavy atom. The lowest BCUT2D eigenvalue weighted by Gasteiger charge is -2.22. The molecule has 0 aliphatic carbocycles. The number of hydrogen-bond acceptors (Lipinski definition) is 3. The summed E-state index contributed by atoms with van der Waals surface area (Å²) in [7, 11) is 0. The van der Waals surface area contributed by atoms with Gasteiger partial charge in [0.1, 0.15) is 11.6 Å². The fourth-order valence-corrected chi connectivity index (χ4v) is 1.63. The summed E-state index contributed by atoms with van der Waals surface area (Å²) in [6.45, 7) is 10.9. The fraction of sp³-hybridized carbons (Fsp3) is 0.667. The quantitative estimate of drug-likeness (QED) is 0.766. The van der Waals surface area contributed by atoms with Gasteiger partial charge in [-0.3, -0.25) is 4.68 Å². The molecule has 1 unspecified atom stereocenters. The summed E-state index contributed by atoms with van der Waals surface area (Å²) < 4.78 is 6.92. The maximum atomic E-state index is 11.9. The highest BCUT2D eigenvalue weighted by Gasteiger charge is 2.25. The molecule has 17 heavy (non-hydrogen) atoms. The van der Waals surface area contributed by atoms with Crippen molar-refractivity contribution < 1.29 is 9.53 Å². The molecular formula is C12H19ClN2O2. The van der Waals surface area contributed by atoms with Crippen LogP contribution in [0.4, 0.5) is 0 Å². The minimum atomic E-state index is -0.495. The van der Waals surface area contributed by atoms with E-state index >= 15 is 0 Å². The molecular weight excluding hydrogens is 240 g/mol. The molecule has 1 heterocycles. The van der Waals surface area contributed by atoms with E-state index in [0.29, 0.717) is 5.02 Å². The first-order chi connectivity index (χ1) is 7.63. The van der Waals surface area contributed by atoms with Crippen LogP contribution in [0.25, 0.3) is 0 Å². The van der Waals surface area contributed by atoms with Gasteiger partial charge in [0.05, 0.1) is 16.4 Å². The second-order valence-corrected chi connectivity index (χ2v) is 5.52. The molecule has 0 amide bonds. The third-order valence-corrected chi connectivity index (χ3v) is 2.90. The molecule has 0 aliphatic rings. The van der Waals surface area contributed by atoms with Crippen molar-refractivity contribution in [3.8, 4) is 0 Å². The zero-order chi connectivity index (χ0) is 13.4. The standard InChI is InChI=1S/C12H19ClN2O2/c1-7-10(13)8(2)15(14-7)9(3)11(16)17-12(4,5)6/h9H,1-6H3. The maximum Gasteiger partial charge on any atom is 0.331 e. The van der Waals surface area contributed by atoms with Crippen LogP contribution in [-0.4, -0.2) is 21.4 Å². The van der Waals surface area contributed by atoms with Crippen molar-refractivity contribution in [3.63, 3.8) is 0 Å². The van der Waals surface area contributed by atoms with E-state index in [1.807, 2.05) is 34.6 Å². The molecule has 0 fully saturated rings. The molecule has 1 aromatic heterocycles. The van der Waals surface area contributed by atoms with E-state index in [9.17, 15) is 4.79 Å². The van der Waals surface area contributed by atoms with Gasteiger partial charge in [-0.25, -0.2) is 4.79 Å². The molecule has 0 saturated heterocycles. The van der Waals surface area contributed by atoms with Crippen LogP contribution in [0.2, 0.25) is 5.02 Å². The van der Waals surface area contributed by atoms with Gasteiger partial charge < -0.3 is 4.74 Å². The Hall–Kier alpha value is -1.03. The van der Waals surface area contributed by atoms with E-state index in [0.717, 1.165) is 11.4 Å². The number of nitrogens with zero attached hydrogens (tertiary/aromatic N) is 2. The first kappa shape index (κ1) is 14.0. The van der Waals surface area contributed by atoms with Gasteiger partial charge in [0.25, 0.3) is 0 Å². The Morgan fingerprint density at radius 1 is 1.41 bits per heavy atom. The lowest BCUT2D eigenvalue weighted by atomic mass is 10.2. The minimum Gasteiger partial charge on any atom is -0.458 e. The van der Waals surface area contributed by atoms with E-state index in [1.165, 1.54) is 0 Å². The Labute approximate surface area is 107 Å². The summed E-state index contributed by atoms with van der Waals surface area (Å²) in [6, 6.07) is -0.472. The van der Waals surface area contributed by atoms with Crippen molar-refractivity contribution >= 4 is 17.6 Å². The second kappa shape index (κ2) is 4.69. The molecule has 0 N–H and O–H groups in total. The van der Waals surface area contributed by atoms with Crippen molar-refractivity contribution in [2.24, 2.45) is 0 Å². The molecule has 1 aromatic rings. The van der Waals surface area contributed by atoms with Crippen molar-refractivity contribution in [3.05, 3.63) is 16.4 Å². The topological polar surface area (TPSA) is 44.1 Å². The number of carbonyl (C=O) groups excluding carboxylic acids is 1. The first-order valence-electron chi connectivity index (χ1n) is 5.57. The summed E-state index contributed by atoms with van der Waals surface area (Å²) in [5.41, 5.74) is 1.01. The van der Waals surface area contributed by atoms with Gasteiger partial charge in [-0.15, -0.1) is 0 Å². The van der Waals surface area contributed by atoms with Crippen molar-refractivity contribution in [2.75, 3.05) is 0 Å². The number of aryl methyl sites for hydroxylation is 1. The molecule has 0 bridgehead atoms. The monoisotopic (exact) mass is 258 g/mol. The first-order valence-corrected chi connectivity index (χ1v) is 5.95. The van der Waals surface area contributed by atoms with Crippen LogP contribution >= 0.6 is 11.6 Å². The summed E-state index contributed by atoms with van der Waals surface area (Å²) >= 11 is 6.04. The summed E-state index contributed by atoms with van der Waals surface area (Å²) in [5, 5.41) is 4.84. The zero-order valence-electron chi connectivity index (χ0n) is 11.2. The normalized spacial score (nSPS) is 13.6. The number of aromatic nitrogens is 2. The molecule has 0 radical (unpaired) electrons. The Morgan fingerprint density at radius 3 is 2.29 bits per heavy atom. The maximum absolute atomic E-state index is 11.9. The Bertz CT molecular complexity index is 432. The van der Waals surface area contributed by atoms with E-state index in [1.54, 1.807) is 11.6 Å². The highest BCUT2D eigenvalue weighted by atomic mass is 35.5. The van der Waals surface area contributed by atoms with Gasteiger partial charge in [0.2, 0.25) is 0 Å². The molecule has 1 rings (SSSR count). The lowest BCUT2D eigenvalue weighted by Crippen LogP contribution is -2.29. The fourth-order valence-electron chi connectivity index (χ4n) is 1.51. The smallest absolute Gasteiger partial charge is 0.331 e. The highest BCUT2D eigenvalue weighted by molar-refractivity contribution is 6.31. The summed E-state index contributed by atoms with van der Waals surface area (Å²) in [5.74, 6) is -0.306. The van der Waals surface area contributed by atoms with Gasteiger partial charge in [-0.1, -0.05) is 11.6 Å². The zero-order valence-corrected chi connectivity index (χ0v) is 11.9.